The van der Waals surface area contributed by atoms with Gasteiger partial charge in [-0.3, -0.25) is 15.2 Å². The summed E-state index contributed by atoms with van der Waals surface area (Å²) in [7, 11) is 0. The lowest BCUT2D eigenvalue weighted by Crippen LogP contribution is -2.27. The molecule has 0 unspecified atom stereocenters. The van der Waals surface area contributed by atoms with Gasteiger partial charge in [-0.25, -0.2) is 4.79 Å². The number of primary amides is 1. The standard InChI is InChI=1S/C25H30N4O3/c1-16-5-7-17(8-6-16)11-14-20-22(23(26)30)21(29-28-20)15-18-9-12-19(13-10-18)27-24(31)32-25(2,3)4/h5-10,12-13H,11,14-15H2,1-4H3,(H2,26,30)(H,27,31)(H,28,29). The third-order valence-corrected chi connectivity index (χ3v) is 4.91. The topological polar surface area (TPSA) is 110 Å². The van der Waals surface area contributed by atoms with Crippen molar-refractivity contribution >= 4 is 17.7 Å². The maximum absolute atomic E-state index is 12.1. The number of nitrogens with one attached hydrogen (secondary N) is 2. The molecular formula is C25H30N4O3. The number of hydrogen-bond donors (Lipinski definition) is 3. The number of H-pyrrole nitrogens is 1. The summed E-state index contributed by atoms with van der Waals surface area (Å²) in [5.41, 5.74) is 10.9. The molecule has 0 aliphatic heterocycles. The minimum Gasteiger partial charge on any atom is -0.444 e. The highest BCUT2D eigenvalue weighted by Crippen LogP contribution is 2.19. The van der Waals surface area contributed by atoms with Crippen molar-refractivity contribution in [2.24, 2.45) is 5.73 Å². The fourth-order valence-electron chi connectivity index (χ4n) is 3.37. The number of amides is 2. The number of carbonyl (C=O) groups excluding carboxylic acids is 2. The quantitative estimate of drug-likeness (QED) is 0.507. The maximum Gasteiger partial charge on any atom is 0.412 e. The van der Waals surface area contributed by atoms with Crippen LogP contribution in [-0.2, 0) is 24.0 Å². The van der Waals surface area contributed by atoms with Crippen LogP contribution >= 0.6 is 0 Å². The number of anilines is 1. The molecule has 0 radical (unpaired) electrons. The van der Waals surface area contributed by atoms with Crippen LogP contribution < -0.4 is 11.1 Å². The molecule has 0 saturated heterocycles. The van der Waals surface area contributed by atoms with Gasteiger partial charge in [-0.1, -0.05) is 42.0 Å². The summed E-state index contributed by atoms with van der Waals surface area (Å²) < 4.78 is 5.26. The molecule has 0 spiro atoms. The number of aryl methyl sites for hydroxylation is 3. The normalized spacial score (nSPS) is 11.2. The van der Waals surface area contributed by atoms with Crippen molar-refractivity contribution in [2.75, 3.05) is 5.32 Å². The van der Waals surface area contributed by atoms with E-state index in [1.165, 1.54) is 11.1 Å². The molecule has 1 heterocycles. The molecule has 4 N–H and O–H groups in total. The van der Waals surface area contributed by atoms with E-state index in [9.17, 15) is 9.59 Å². The minimum absolute atomic E-state index is 0.452. The third-order valence-electron chi connectivity index (χ3n) is 4.91. The van der Waals surface area contributed by atoms with E-state index in [4.69, 9.17) is 10.5 Å². The van der Waals surface area contributed by atoms with E-state index in [0.717, 1.165) is 12.0 Å². The van der Waals surface area contributed by atoms with E-state index >= 15 is 0 Å². The van der Waals surface area contributed by atoms with Crippen LogP contribution in [0, 0.1) is 6.92 Å². The summed E-state index contributed by atoms with van der Waals surface area (Å²) in [6.45, 7) is 7.48. The number of ether oxygens (including phenoxy) is 1. The molecular weight excluding hydrogens is 404 g/mol. The molecule has 0 bridgehead atoms. The first-order chi connectivity index (χ1) is 15.1. The van der Waals surface area contributed by atoms with Gasteiger partial charge in [0.05, 0.1) is 17.0 Å². The first-order valence-electron chi connectivity index (χ1n) is 10.6. The molecule has 168 valence electrons. The number of aromatic amines is 1. The van der Waals surface area contributed by atoms with Crippen LogP contribution in [0.2, 0.25) is 0 Å². The third kappa shape index (κ3) is 6.44. The number of aromatic nitrogens is 2. The van der Waals surface area contributed by atoms with Gasteiger partial charge >= 0.3 is 6.09 Å². The second kappa shape index (κ2) is 9.68. The first-order valence-corrected chi connectivity index (χ1v) is 10.6. The Morgan fingerprint density at radius 3 is 2.22 bits per heavy atom. The molecule has 7 nitrogen and oxygen atoms in total. The van der Waals surface area contributed by atoms with Gasteiger partial charge in [-0.05, 0) is 63.8 Å². The van der Waals surface area contributed by atoms with E-state index in [0.29, 0.717) is 35.5 Å². The molecule has 0 fully saturated rings. The van der Waals surface area contributed by atoms with Crippen molar-refractivity contribution in [1.82, 2.24) is 10.2 Å². The van der Waals surface area contributed by atoms with Gasteiger partial charge in [-0.2, -0.15) is 5.10 Å². The zero-order chi connectivity index (χ0) is 23.3. The second-order valence-electron chi connectivity index (χ2n) is 8.87. The Bertz CT molecular complexity index is 1080. The van der Waals surface area contributed by atoms with Crippen LogP contribution in [0.5, 0.6) is 0 Å². The fraction of sp³-hybridized carbons (Fsp3) is 0.320. The Kier molecular flexibility index (Phi) is 6.98. The van der Waals surface area contributed by atoms with Crippen molar-refractivity contribution in [2.45, 2.75) is 52.6 Å². The largest absolute Gasteiger partial charge is 0.444 e. The Morgan fingerprint density at radius 1 is 1.00 bits per heavy atom. The summed E-state index contributed by atoms with van der Waals surface area (Å²) >= 11 is 0. The summed E-state index contributed by atoms with van der Waals surface area (Å²) in [4.78, 5) is 24.0. The van der Waals surface area contributed by atoms with Gasteiger partial charge < -0.3 is 10.5 Å². The number of rotatable bonds is 7. The molecule has 32 heavy (non-hydrogen) atoms. The average Bonchev–Trinajstić information content (AvgIpc) is 3.10. The highest BCUT2D eigenvalue weighted by Gasteiger charge is 2.19. The Hall–Kier alpha value is -3.61. The number of nitrogens with two attached hydrogens (primary N) is 1. The average molecular weight is 435 g/mol. The lowest BCUT2D eigenvalue weighted by atomic mass is 10.0. The number of nitrogens with zero attached hydrogens (tertiary/aromatic N) is 1. The van der Waals surface area contributed by atoms with Gasteiger partial charge in [0.1, 0.15) is 5.60 Å². The predicted molar refractivity (Wildman–Crippen MR) is 125 cm³/mol. The molecule has 0 aliphatic rings. The highest BCUT2D eigenvalue weighted by molar-refractivity contribution is 5.95. The van der Waals surface area contributed by atoms with E-state index < -0.39 is 17.6 Å². The van der Waals surface area contributed by atoms with E-state index in [1.54, 1.807) is 12.1 Å². The van der Waals surface area contributed by atoms with E-state index in [-0.39, 0.29) is 0 Å². The van der Waals surface area contributed by atoms with Crippen LogP contribution in [0.25, 0.3) is 0 Å². The minimum atomic E-state index is -0.563. The fourth-order valence-corrected chi connectivity index (χ4v) is 3.37. The van der Waals surface area contributed by atoms with Crippen molar-refractivity contribution in [1.29, 1.82) is 0 Å². The summed E-state index contributed by atoms with van der Waals surface area (Å²) in [6, 6.07) is 15.6. The lowest BCUT2D eigenvalue weighted by Gasteiger charge is -2.19. The van der Waals surface area contributed by atoms with Crippen LogP contribution in [0.3, 0.4) is 0 Å². The summed E-state index contributed by atoms with van der Waals surface area (Å²) in [5.74, 6) is -0.490. The van der Waals surface area contributed by atoms with Gasteiger partial charge in [-0.15, -0.1) is 0 Å². The van der Waals surface area contributed by atoms with Crippen LogP contribution in [0.1, 0.15) is 59.2 Å². The monoisotopic (exact) mass is 434 g/mol. The molecule has 0 atom stereocenters. The molecule has 2 amide bonds. The zero-order valence-corrected chi connectivity index (χ0v) is 19.0. The van der Waals surface area contributed by atoms with Crippen LogP contribution in [0.15, 0.2) is 48.5 Å². The van der Waals surface area contributed by atoms with E-state index in [2.05, 4.69) is 46.7 Å². The Morgan fingerprint density at radius 2 is 1.62 bits per heavy atom. The molecule has 1 aromatic heterocycles. The van der Waals surface area contributed by atoms with Crippen LogP contribution in [-0.4, -0.2) is 27.8 Å². The summed E-state index contributed by atoms with van der Waals surface area (Å²) in [5, 5.41) is 10.0. The Labute approximate surface area is 188 Å². The Balaban J connectivity index is 1.67. The molecule has 2 aromatic carbocycles. The lowest BCUT2D eigenvalue weighted by molar-refractivity contribution is 0.0635. The van der Waals surface area contributed by atoms with Gasteiger partial charge in [0.15, 0.2) is 0 Å². The first kappa shape index (κ1) is 23.1. The highest BCUT2D eigenvalue weighted by atomic mass is 16.6. The smallest absolute Gasteiger partial charge is 0.412 e. The predicted octanol–water partition coefficient (Wildman–Crippen LogP) is 4.54. The van der Waals surface area contributed by atoms with Crippen molar-refractivity contribution in [3.05, 3.63) is 82.2 Å². The van der Waals surface area contributed by atoms with Crippen molar-refractivity contribution < 1.29 is 14.3 Å². The second-order valence-corrected chi connectivity index (χ2v) is 8.87. The molecule has 3 aromatic rings. The molecule has 0 aliphatic carbocycles. The molecule has 3 rings (SSSR count). The van der Waals surface area contributed by atoms with Crippen LogP contribution in [0.4, 0.5) is 10.5 Å². The zero-order valence-electron chi connectivity index (χ0n) is 19.0. The number of benzene rings is 2. The van der Waals surface area contributed by atoms with Gasteiger partial charge in [0, 0.05) is 12.1 Å². The molecule has 0 saturated carbocycles. The number of hydrogen-bond acceptors (Lipinski definition) is 4. The summed E-state index contributed by atoms with van der Waals surface area (Å²) in [6.07, 6.45) is 1.36. The van der Waals surface area contributed by atoms with Gasteiger partial charge in [0.2, 0.25) is 0 Å². The van der Waals surface area contributed by atoms with E-state index in [1.807, 2.05) is 32.9 Å². The maximum atomic E-state index is 12.1. The SMILES string of the molecule is Cc1ccc(CCc2n[nH]c(Cc3ccc(NC(=O)OC(C)(C)C)cc3)c2C(N)=O)cc1. The number of carbonyl (C=O) groups is 2. The van der Waals surface area contributed by atoms with Gasteiger partial charge in [0.25, 0.3) is 5.91 Å². The van der Waals surface area contributed by atoms with Crippen molar-refractivity contribution in [3.8, 4) is 0 Å². The van der Waals surface area contributed by atoms with Crippen molar-refractivity contribution in [3.63, 3.8) is 0 Å². The molecule has 7 heteroatoms.